The maximum absolute atomic E-state index is 6.09. The Morgan fingerprint density at radius 3 is 2.47 bits per heavy atom. The van der Waals surface area contributed by atoms with Gasteiger partial charge in [0.2, 0.25) is 0 Å². The molecule has 0 saturated carbocycles. The van der Waals surface area contributed by atoms with Crippen molar-refractivity contribution in [2.75, 3.05) is 26.2 Å². The predicted octanol–water partition coefficient (Wildman–Crippen LogP) is 2.35. The van der Waals surface area contributed by atoms with E-state index in [4.69, 9.17) is 4.74 Å². The van der Waals surface area contributed by atoms with Crippen molar-refractivity contribution in [3.63, 3.8) is 0 Å². The highest BCUT2D eigenvalue weighted by atomic mass is 16.5. The van der Waals surface area contributed by atoms with Crippen molar-refractivity contribution in [2.45, 2.75) is 46.0 Å². The molecule has 1 aliphatic rings. The average molecular weight is 262 g/mol. The van der Waals surface area contributed by atoms with Crippen LogP contribution < -0.4 is 9.64 Å². The summed E-state index contributed by atoms with van der Waals surface area (Å²) in [5.74, 6) is 1.08. The molecule has 0 amide bonds. The lowest BCUT2D eigenvalue weighted by molar-refractivity contribution is -0.887. The Hall–Kier alpha value is -1.02. The smallest absolute Gasteiger partial charge is 0.137 e. The molecule has 1 aromatic carbocycles. The van der Waals surface area contributed by atoms with Gasteiger partial charge >= 0.3 is 0 Å². The van der Waals surface area contributed by atoms with Crippen LogP contribution in [-0.4, -0.2) is 26.2 Å². The molecule has 1 fully saturated rings. The van der Waals surface area contributed by atoms with Gasteiger partial charge in [-0.1, -0.05) is 32.9 Å². The fourth-order valence-corrected chi connectivity index (χ4v) is 2.80. The summed E-state index contributed by atoms with van der Waals surface area (Å²) in [5.41, 5.74) is 2.73. The summed E-state index contributed by atoms with van der Waals surface area (Å²) in [4.78, 5) is 1.70. The molecule has 0 aromatic heterocycles. The molecular weight excluding hydrogens is 234 g/mol. The van der Waals surface area contributed by atoms with E-state index < -0.39 is 0 Å². The summed E-state index contributed by atoms with van der Waals surface area (Å²) in [6.07, 6.45) is 2.76. The maximum Gasteiger partial charge on any atom is 0.137 e. The van der Waals surface area contributed by atoms with Crippen LogP contribution in [0.4, 0.5) is 0 Å². The Kier molecular flexibility index (Phi) is 4.51. The van der Waals surface area contributed by atoms with Gasteiger partial charge in [0.1, 0.15) is 18.9 Å². The minimum atomic E-state index is 0.142. The van der Waals surface area contributed by atoms with Gasteiger partial charge < -0.3 is 9.64 Å². The van der Waals surface area contributed by atoms with Gasteiger partial charge in [0, 0.05) is 12.8 Å². The van der Waals surface area contributed by atoms with Gasteiger partial charge in [0.25, 0.3) is 0 Å². The number of ether oxygens (including phenoxy) is 1. The quantitative estimate of drug-likeness (QED) is 0.879. The molecule has 1 N–H and O–H groups in total. The summed E-state index contributed by atoms with van der Waals surface area (Å²) in [6, 6.07) is 6.58. The van der Waals surface area contributed by atoms with Crippen LogP contribution in [0.2, 0.25) is 0 Å². The van der Waals surface area contributed by atoms with Crippen LogP contribution in [0.15, 0.2) is 18.2 Å². The lowest BCUT2D eigenvalue weighted by atomic mass is 9.86. The first kappa shape index (κ1) is 14.4. The topological polar surface area (TPSA) is 13.7 Å². The van der Waals surface area contributed by atoms with Gasteiger partial charge in [0.15, 0.2) is 0 Å². The van der Waals surface area contributed by atoms with Gasteiger partial charge in [-0.25, -0.2) is 0 Å². The van der Waals surface area contributed by atoms with Crippen LogP contribution >= 0.6 is 0 Å². The minimum Gasteiger partial charge on any atom is -0.487 e. The molecule has 0 unspecified atom stereocenters. The predicted molar refractivity (Wildman–Crippen MR) is 80.2 cm³/mol. The largest absolute Gasteiger partial charge is 0.487 e. The normalized spacial score (nSPS) is 16.8. The maximum atomic E-state index is 6.09. The van der Waals surface area contributed by atoms with Crippen LogP contribution in [0.3, 0.4) is 0 Å². The Morgan fingerprint density at radius 1 is 1.16 bits per heavy atom. The lowest BCUT2D eigenvalue weighted by Gasteiger charge is -2.23. The molecule has 0 aliphatic carbocycles. The zero-order valence-electron chi connectivity index (χ0n) is 12.9. The van der Waals surface area contributed by atoms with E-state index in [0.29, 0.717) is 0 Å². The number of likely N-dealkylation sites (tertiary alicyclic amines) is 1. The zero-order valence-corrected chi connectivity index (χ0v) is 12.9. The fourth-order valence-electron chi connectivity index (χ4n) is 2.80. The van der Waals surface area contributed by atoms with Crippen molar-refractivity contribution in [1.82, 2.24) is 0 Å². The van der Waals surface area contributed by atoms with Crippen LogP contribution in [0, 0.1) is 6.92 Å². The molecule has 106 valence electrons. The number of aryl methyl sites for hydroxylation is 1. The molecule has 1 aromatic rings. The second-order valence-electron chi connectivity index (χ2n) is 6.81. The van der Waals surface area contributed by atoms with Crippen molar-refractivity contribution < 1.29 is 9.64 Å². The summed E-state index contributed by atoms with van der Waals surface area (Å²) >= 11 is 0. The fraction of sp³-hybridized carbons (Fsp3) is 0.647. The summed E-state index contributed by atoms with van der Waals surface area (Å²) in [5, 5.41) is 0. The molecule has 1 aliphatic heterocycles. The number of hydrogen-bond donors (Lipinski definition) is 1. The Bertz CT molecular complexity index is 414. The number of benzene rings is 1. The summed E-state index contributed by atoms with van der Waals surface area (Å²) in [7, 11) is 0. The third-order valence-corrected chi connectivity index (χ3v) is 3.97. The van der Waals surface area contributed by atoms with Crippen LogP contribution in [0.5, 0.6) is 5.75 Å². The molecular formula is C17H28NO+. The van der Waals surface area contributed by atoms with Gasteiger partial charge in [-0.15, -0.1) is 0 Å². The van der Waals surface area contributed by atoms with E-state index in [9.17, 15) is 0 Å². The first-order chi connectivity index (χ1) is 8.97. The Balaban J connectivity index is 1.99. The highest BCUT2D eigenvalue weighted by Gasteiger charge is 2.20. The highest BCUT2D eigenvalue weighted by molar-refractivity contribution is 5.41. The van der Waals surface area contributed by atoms with Crippen molar-refractivity contribution in [1.29, 1.82) is 0 Å². The van der Waals surface area contributed by atoms with E-state index in [1.165, 1.54) is 37.1 Å². The summed E-state index contributed by atoms with van der Waals surface area (Å²) in [6.45, 7) is 13.5. The number of hydrogen-bond acceptors (Lipinski definition) is 1. The highest BCUT2D eigenvalue weighted by Crippen LogP contribution is 2.31. The molecule has 2 nitrogen and oxygen atoms in total. The van der Waals surface area contributed by atoms with Gasteiger partial charge in [-0.3, -0.25) is 0 Å². The van der Waals surface area contributed by atoms with Crippen molar-refractivity contribution in [3.05, 3.63) is 29.3 Å². The molecule has 1 heterocycles. The molecule has 2 rings (SSSR count). The molecule has 0 radical (unpaired) electrons. The second kappa shape index (κ2) is 5.96. The van der Waals surface area contributed by atoms with E-state index in [0.717, 1.165) is 18.9 Å². The molecule has 0 spiro atoms. The molecule has 1 saturated heterocycles. The van der Waals surface area contributed by atoms with Crippen molar-refractivity contribution in [2.24, 2.45) is 0 Å². The zero-order chi connectivity index (χ0) is 13.9. The van der Waals surface area contributed by atoms with E-state index >= 15 is 0 Å². The van der Waals surface area contributed by atoms with E-state index in [2.05, 4.69) is 45.9 Å². The molecule has 2 heteroatoms. The minimum absolute atomic E-state index is 0.142. The third-order valence-electron chi connectivity index (χ3n) is 3.97. The first-order valence-corrected chi connectivity index (χ1v) is 7.54. The molecule has 19 heavy (non-hydrogen) atoms. The lowest BCUT2D eigenvalue weighted by Crippen LogP contribution is -3.10. The van der Waals surface area contributed by atoms with Crippen LogP contribution in [0.1, 0.15) is 44.7 Å². The third kappa shape index (κ3) is 3.97. The van der Waals surface area contributed by atoms with Crippen LogP contribution in [-0.2, 0) is 5.41 Å². The average Bonchev–Trinajstić information content (AvgIpc) is 2.80. The monoisotopic (exact) mass is 262 g/mol. The number of quaternary nitrogens is 1. The van der Waals surface area contributed by atoms with E-state index in [-0.39, 0.29) is 5.41 Å². The van der Waals surface area contributed by atoms with E-state index in [1.54, 1.807) is 4.90 Å². The van der Waals surface area contributed by atoms with Gasteiger partial charge in [0.05, 0.1) is 13.1 Å². The van der Waals surface area contributed by atoms with E-state index in [1.807, 2.05) is 0 Å². The number of rotatable bonds is 4. The van der Waals surface area contributed by atoms with Gasteiger partial charge in [-0.05, 0) is 29.5 Å². The number of nitrogens with one attached hydrogen (secondary N) is 1. The second-order valence-corrected chi connectivity index (χ2v) is 6.81. The Morgan fingerprint density at radius 2 is 1.84 bits per heavy atom. The standard InChI is InChI=1S/C17H27NO/c1-14-7-8-15(17(2,3)4)16(13-14)19-12-11-18-9-5-6-10-18/h7-8,13H,5-6,9-12H2,1-4H3/p+1. The van der Waals surface area contributed by atoms with Crippen molar-refractivity contribution >= 4 is 0 Å². The first-order valence-electron chi connectivity index (χ1n) is 7.54. The van der Waals surface area contributed by atoms with Crippen LogP contribution in [0.25, 0.3) is 0 Å². The Labute approximate surface area is 117 Å². The van der Waals surface area contributed by atoms with Gasteiger partial charge in [-0.2, -0.15) is 0 Å². The summed E-state index contributed by atoms with van der Waals surface area (Å²) < 4.78 is 6.09. The molecule has 0 bridgehead atoms. The molecule has 0 atom stereocenters. The van der Waals surface area contributed by atoms with Crippen molar-refractivity contribution in [3.8, 4) is 5.75 Å². The SMILES string of the molecule is Cc1ccc(C(C)(C)C)c(OCC[NH+]2CCCC2)c1.